The van der Waals surface area contributed by atoms with Crippen molar-refractivity contribution in [3.63, 3.8) is 0 Å². The molecule has 0 aliphatic carbocycles. The Morgan fingerprint density at radius 3 is 2.47 bits per heavy atom. The van der Waals surface area contributed by atoms with Crippen LogP contribution in [0.15, 0.2) is 36.4 Å². The number of likely N-dealkylation sites (tertiary alicyclic amines) is 1. The third kappa shape index (κ3) is 5.16. The molecule has 7 heteroatoms. The maximum atomic E-state index is 13.0. The molecule has 1 aliphatic heterocycles. The molecular formula is C23H29ClN2O3S. The lowest BCUT2D eigenvalue weighted by atomic mass is 9.94. The highest BCUT2D eigenvalue weighted by Crippen LogP contribution is 2.32. The first kappa shape index (κ1) is 22.6. The lowest BCUT2D eigenvalue weighted by molar-refractivity contribution is 0.215. The average molecular weight is 449 g/mol. The van der Waals surface area contributed by atoms with Crippen LogP contribution in [0, 0.1) is 19.8 Å². The summed E-state index contributed by atoms with van der Waals surface area (Å²) in [6.07, 6.45) is 1.97. The van der Waals surface area contributed by atoms with Crippen molar-refractivity contribution in [1.29, 1.82) is 0 Å². The third-order valence-electron chi connectivity index (χ3n) is 5.66. The molecule has 30 heavy (non-hydrogen) atoms. The van der Waals surface area contributed by atoms with Crippen molar-refractivity contribution in [3.05, 3.63) is 53.1 Å². The number of carbonyl (C=O) groups is 1. The van der Waals surface area contributed by atoms with E-state index in [0.29, 0.717) is 19.0 Å². The highest BCUT2D eigenvalue weighted by Gasteiger charge is 2.30. The minimum absolute atomic E-state index is 0.0115. The van der Waals surface area contributed by atoms with E-state index in [9.17, 15) is 13.2 Å². The van der Waals surface area contributed by atoms with Crippen molar-refractivity contribution in [1.82, 2.24) is 4.90 Å². The topological polar surface area (TPSA) is 57.7 Å². The highest BCUT2D eigenvalue weighted by molar-refractivity contribution is 7.90. The van der Waals surface area contributed by atoms with Gasteiger partial charge in [0.15, 0.2) is 0 Å². The average Bonchev–Trinajstić information content (AvgIpc) is 3.13. The molecule has 0 bridgehead atoms. The number of aryl methyl sites for hydroxylation is 2. The summed E-state index contributed by atoms with van der Waals surface area (Å²) < 4.78 is 23.1. The van der Waals surface area contributed by atoms with E-state index in [1.807, 2.05) is 24.3 Å². The van der Waals surface area contributed by atoms with Crippen LogP contribution in [-0.2, 0) is 15.7 Å². The van der Waals surface area contributed by atoms with E-state index < -0.39 is 9.84 Å². The predicted octanol–water partition coefficient (Wildman–Crippen LogP) is 4.63. The fourth-order valence-corrected chi connectivity index (χ4v) is 5.59. The van der Waals surface area contributed by atoms with Crippen LogP contribution >= 0.6 is 11.6 Å². The monoisotopic (exact) mass is 448 g/mol. The summed E-state index contributed by atoms with van der Waals surface area (Å²) >= 11 is 5.99. The van der Waals surface area contributed by atoms with Crippen molar-refractivity contribution in [3.8, 4) is 11.1 Å². The molecule has 0 N–H and O–H groups in total. The molecule has 2 aromatic carbocycles. The molecule has 0 saturated carbocycles. The summed E-state index contributed by atoms with van der Waals surface area (Å²) in [7, 11) is -1.26. The van der Waals surface area contributed by atoms with Gasteiger partial charge in [-0.3, -0.25) is 4.90 Å². The number of alkyl halides is 1. The van der Waals surface area contributed by atoms with Gasteiger partial charge in [-0.2, -0.15) is 0 Å². The zero-order valence-electron chi connectivity index (χ0n) is 18.0. The first-order valence-corrected chi connectivity index (χ1v) is 12.7. The Bertz CT molecular complexity index is 1030. The van der Waals surface area contributed by atoms with E-state index in [4.69, 9.17) is 11.6 Å². The van der Waals surface area contributed by atoms with E-state index in [0.717, 1.165) is 39.9 Å². The Hall–Kier alpha value is -2.05. The van der Waals surface area contributed by atoms with Crippen molar-refractivity contribution in [2.24, 2.45) is 5.92 Å². The first-order chi connectivity index (χ1) is 14.1. The lowest BCUT2D eigenvalue weighted by Gasteiger charge is -2.26. The normalized spacial score (nSPS) is 16.7. The first-order valence-electron chi connectivity index (χ1n) is 10.1. The number of rotatable bonds is 5. The Morgan fingerprint density at radius 2 is 1.87 bits per heavy atom. The van der Waals surface area contributed by atoms with Gasteiger partial charge in [0, 0.05) is 38.0 Å². The molecule has 1 saturated heterocycles. The van der Waals surface area contributed by atoms with Gasteiger partial charge < -0.3 is 4.90 Å². The largest absolute Gasteiger partial charge is 0.324 e. The molecule has 3 rings (SSSR count). The van der Waals surface area contributed by atoms with Crippen LogP contribution in [0.1, 0.15) is 23.1 Å². The van der Waals surface area contributed by atoms with Gasteiger partial charge in [0.05, 0.1) is 5.75 Å². The number of anilines is 1. The predicted molar refractivity (Wildman–Crippen MR) is 124 cm³/mol. The van der Waals surface area contributed by atoms with E-state index >= 15 is 0 Å². The van der Waals surface area contributed by atoms with Gasteiger partial charge >= 0.3 is 6.03 Å². The molecule has 0 spiro atoms. The van der Waals surface area contributed by atoms with Gasteiger partial charge in [0.1, 0.15) is 9.84 Å². The molecular weight excluding hydrogens is 420 g/mol. The van der Waals surface area contributed by atoms with E-state index in [1.54, 1.807) is 16.8 Å². The molecule has 5 nitrogen and oxygen atoms in total. The van der Waals surface area contributed by atoms with Gasteiger partial charge in [0.2, 0.25) is 0 Å². The van der Waals surface area contributed by atoms with Crippen molar-refractivity contribution < 1.29 is 13.2 Å². The minimum atomic E-state index is -3.04. The van der Waals surface area contributed by atoms with E-state index in [2.05, 4.69) is 26.0 Å². The molecule has 1 heterocycles. The fourth-order valence-electron chi connectivity index (χ4n) is 4.29. The Labute approximate surface area is 184 Å². The smallest absolute Gasteiger partial charge is 0.324 e. The van der Waals surface area contributed by atoms with Crippen LogP contribution in [-0.4, -0.2) is 51.5 Å². The number of halogens is 1. The number of urea groups is 1. The zero-order valence-corrected chi connectivity index (χ0v) is 19.6. The second-order valence-corrected chi connectivity index (χ2v) is 10.8. The van der Waals surface area contributed by atoms with Crippen molar-refractivity contribution in [2.45, 2.75) is 26.1 Å². The summed E-state index contributed by atoms with van der Waals surface area (Å²) in [5.74, 6) is 0.615. The Kier molecular flexibility index (Phi) is 6.78. The molecule has 2 amide bonds. The molecule has 0 unspecified atom stereocenters. The standard InChI is InChI=1S/C23H29ClN2O3S/c1-16-10-21(11-17(2)22(16)20-7-5-6-18(12-20)13-24)25(3)23(27)26-9-8-19(14-26)15-30(4,28)29/h5-7,10-12,19H,8-9,13-15H2,1-4H3/t19-/m1/s1. The summed E-state index contributed by atoms with van der Waals surface area (Å²) in [4.78, 5) is 16.4. The SMILES string of the molecule is Cc1cc(N(C)C(=O)N2CC[C@@H](CS(C)(=O)=O)C2)cc(C)c1-c1cccc(CCl)c1. The van der Waals surface area contributed by atoms with Gasteiger partial charge in [-0.1, -0.05) is 18.2 Å². The van der Waals surface area contributed by atoms with Crippen LogP contribution < -0.4 is 4.90 Å². The number of hydrogen-bond donors (Lipinski definition) is 0. The second kappa shape index (κ2) is 8.98. The zero-order chi connectivity index (χ0) is 22.1. The van der Waals surface area contributed by atoms with Crippen LogP contribution in [0.4, 0.5) is 10.5 Å². The Balaban J connectivity index is 1.80. The molecule has 1 aliphatic rings. The van der Waals surface area contributed by atoms with Crippen molar-refractivity contribution >= 4 is 33.2 Å². The van der Waals surface area contributed by atoms with E-state index in [-0.39, 0.29) is 17.7 Å². The van der Waals surface area contributed by atoms with Gasteiger partial charge in [-0.25, -0.2) is 13.2 Å². The molecule has 1 atom stereocenters. The van der Waals surface area contributed by atoms with Crippen LogP contribution in [0.5, 0.6) is 0 Å². The summed E-state index contributed by atoms with van der Waals surface area (Å²) in [6, 6.07) is 12.1. The summed E-state index contributed by atoms with van der Waals surface area (Å²) in [5.41, 5.74) is 6.36. The quantitative estimate of drug-likeness (QED) is 0.626. The van der Waals surface area contributed by atoms with Crippen LogP contribution in [0.3, 0.4) is 0 Å². The molecule has 1 fully saturated rings. The number of nitrogens with zero attached hydrogens (tertiary/aromatic N) is 2. The fraction of sp³-hybridized carbons (Fsp3) is 0.435. The molecule has 0 aromatic heterocycles. The number of carbonyl (C=O) groups excluding carboxylic acids is 1. The number of hydrogen-bond acceptors (Lipinski definition) is 3. The third-order valence-corrected chi connectivity index (χ3v) is 7.04. The van der Waals surface area contributed by atoms with Crippen LogP contribution in [0.25, 0.3) is 11.1 Å². The molecule has 162 valence electrons. The maximum Gasteiger partial charge on any atom is 0.324 e. The number of benzene rings is 2. The van der Waals surface area contributed by atoms with Crippen molar-refractivity contribution in [2.75, 3.05) is 37.0 Å². The molecule has 0 radical (unpaired) electrons. The number of amides is 2. The maximum absolute atomic E-state index is 13.0. The number of sulfone groups is 1. The van der Waals surface area contributed by atoms with Gasteiger partial charge in [-0.05, 0) is 72.2 Å². The summed E-state index contributed by atoms with van der Waals surface area (Å²) in [5, 5.41) is 0. The minimum Gasteiger partial charge on any atom is -0.324 e. The summed E-state index contributed by atoms with van der Waals surface area (Å²) in [6.45, 7) is 5.17. The van der Waals surface area contributed by atoms with Gasteiger partial charge in [-0.15, -0.1) is 11.6 Å². The highest BCUT2D eigenvalue weighted by atomic mass is 35.5. The van der Waals surface area contributed by atoms with E-state index in [1.165, 1.54) is 6.26 Å². The Morgan fingerprint density at radius 1 is 1.20 bits per heavy atom. The second-order valence-electron chi connectivity index (χ2n) is 8.32. The van der Waals surface area contributed by atoms with Gasteiger partial charge in [0.25, 0.3) is 0 Å². The molecule has 2 aromatic rings. The lowest BCUT2D eigenvalue weighted by Crippen LogP contribution is -2.40. The van der Waals surface area contributed by atoms with Crippen LogP contribution in [0.2, 0.25) is 0 Å².